The molecule has 3 unspecified atom stereocenters. The number of hydrogen-bond donors (Lipinski definition) is 1. The van der Waals surface area contributed by atoms with Crippen LogP contribution in [0.3, 0.4) is 0 Å². The fourth-order valence-electron chi connectivity index (χ4n) is 3.28. The fraction of sp³-hybridized carbons (Fsp3) is 0.923. The lowest BCUT2D eigenvalue weighted by Crippen LogP contribution is -2.45. The van der Waals surface area contributed by atoms with Crippen LogP contribution in [0.1, 0.15) is 38.5 Å². The highest BCUT2D eigenvalue weighted by Gasteiger charge is 2.34. The summed E-state index contributed by atoms with van der Waals surface area (Å²) in [7, 11) is 0. The Balaban J connectivity index is 1.61. The van der Waals surface area contributed by atoms with Crippen LogP contribution in [0.15, 0.2) is 0 Å². The first kappa shape index (κ1) is 11.5. The lowest BCUT2D eigenvalue weighted by atomic mass is 10.1. The van der Waals surface area contributed by atoms with Crippen LogP contribution in [0.25, 0.3) is 0 Å². The Bertz CT molecular complexity index is 289. The van der Waals surface area contributed by atoms with Gasteiger partial charge in [0.25, 0.3) is 5.91 Å². The first-order chi connectivity index (χ1) is 8.33. The maximum atomic E-state index is 12.4. The van der Waals surface area contributed by atoms with Crippen molar-refractivity contribution in [3.8, 4) is 0 Å². The van der Waals surface area contributed by atoms with Crippen LogP contribution in [-0.2, 0) is 9.53 Å². The van der Waals surface area contributed by atoms with E-state index in [1.54, 1.807) is 0 Å². The number of likely N-dealkylation sites (tertiary alicyclic amines) is 1. The summed E-state index contributed by atoms with van der Waals surface area (Å²) in [5, 5.41) is 3.61. The first-order valence-electron chi connectivity index (χ1n) is 6.99. The standard InChI is InChI=1S/C13H22N2O2/c16-13(12-3-1-2-8-17-12)15-7-6-10-4-5-11(9-15)14-10/h10-12,14H,1-9H2. The second-order valence-electron chi connectivity index (χ2n) is 5.57. The van der Waals surface area contributed by atoms with Crippen molar-refractivity contribution in [2.75, 3.05) is 19.7 Å². The van der Waals surface area contributed by atoms with Gasteiger partial charge in [0, 0.05) is 31.8 Å². The Morgan fingerprint density at radius 3 is 2.82 bits per heavy atom. The molecular weight excluding hydrogens is 216 g/mol. The van der Waals surface area contributed by atoms with E-state index >= 15 is 0 Å². The Kier molecular flexibility index (Phi) is 3.34. The van der Waals surface area contributed by atoms with Gasteiger partial charge in [-0.3, -0.25) is 4.79 Å². The largest absolute Gasteiger partial charge is 0.368 e. The van der Waals surface area contributed by atoms with Crippen LogP contribution < -0.4 is 5.32 Å². The van der Waals surface area contributed by atoms with E-state index < -0.39 is 0 Å². The van der Waals surface area contributed by atoms with Gasteiger partial charge in [-0.25, -0.2) is 0 Å². The van der Waals surface area contributed by atoms with E-state index in [2.05, 4.69) is 5.32 Å². The number of carbonyl (C=O) groups is 1. The Labute approximate surface area is 103 Å². The molecule has 17 heavy (non-hydrogen) atoms. The van der Waals surface area contributed by atoms with Crippen molar-refractivity contribution in [2.45, 2.75) is 56.7 Å². The van der Waals surface area contributed by atoms with Crippen LogP contribution in [0.4, 0.5) is 0 Å². The number of ether oxygens (including phenoxy) is 1. The van der Waals surface area contributed by atoms with Gasteiger partial charge in [0.2, 0.25) is 0 Å². The number of nitrogens with one attached hydrogen (secondary N) is 1. The van der Waals surface area contributed by atoms with Gasteiger partial charge < -0.3 is 15.0 Å². The highest BCUT2D eigenvalue weighted by molar-refractivity contribution is 5.81. The number of fused-ring (bicyclic) bond motifs is 2. The summed E-state index contributed by atoms with van der Waals surface area (Å²) < 4.78 is 5.60. The molecule has 0 radical (unpaired) electrons. The van der Waals surface area contributed by atoms with E-state index in [-0.39, 0.29) is 12.0 Å². The highest BCUT2D eigenvalue weighted by atomic mass is 16.5. The van der Waals surface area contributed by atoms with Crippen LogP contribution in [0.5, 0.6) is 0 Å². The molecule has 3 rings (SSSR count). The van der Waals surface area contributed by atoms with Crippen LogP contribution in [-0.4, -0.2) is 48.7 Å². The van der Waals surface area contributed by atoms with Crippen molar-refractivity contribution in [3.05, 3.63) is 0 Å². The van der Waals surface area contributed by atoms with Crippen molar-refractivity contribution in [1.82, 2.24) is 10.2 Å². The van der Waals surface area contributed by atoms with Gasteiger partial charge in [-0.1, -0.05) is 0 Å². The summed E-state index contributed by atoms with van der Waals surface area (Å²) in [5.74, 6) is 0.235. The Morgan fingerprint density at radius 1 is 1.12 bits per heavy atom. The van der Waals surface area contributed by atoms with Crippen molar-refractivity contribution in [3.63, 3.8) is 0 Å². The quantitative estimate of drug-likeness (QED) is 0.738. The predicted octanol–water partition coefficient (Wildman–Crippen LogP) is 0.908. The van der Waals surface area contributed by atoms with E-state index in [4.69, 9.17) is 4.74 Å². The third kappa shape index (κ3) is 2.47. The van der Waals surface area contributed by atoms with Crippen LogP contribution >= 0.6 is 0 Å². The molecule has 3 atom stereocenters. The second kappa shape index (κ2) is 4.94. The second-order valence-corrected chi connectivity index (χ2v) is 5.57. The predicted molar refractivity (Wildman–Crippen MR) is 64.7 cm³/mol. The average molecular weight is 238 g/mol. The molecule has 0 aliphatic carbocycles. The summed E-state index contributed by atoms with van der Waals surface area (Å²) in [6.45, 7) is 2.55. The number of hydrogen-bond acceptors (Lipinski definition) is 3. The molecule has 2 bridgehead atoms. The number of rotatable bonds is 1. The summed E-state index contributed by atoms with van der Waals surface area (Å²) in [6.07, 6.45) is 6.61. The van der Waals surface area contributed by atoms with Gasteiger partial charge >= 0.3 is 0 Å². The number of nitrogens with zero attached hydrogens (tertiary/aromatic N) is 1. The maximum Gasteiger partial charge on any atom is 0.251 e. The molecule has 3 aliphatic heterocycles. The van der Waals surface area contributed by atoms with E-state index in [0.29, 0.717) is 12.1 Å². The van der Waals surface area contributed by atoms with E-state index in [0.717, 1.165) is 45.4 Å². The molecule has 0 aromatic heterocycles. The smallest absolute Gasteiger partial charge is 0.251 e. The van der Waals surface area contributed by atoms with Crippen LogP contribution in [0, 0.1) is 0 Å². The molecular formula is C13H22N2O2. The molecule has 3 saturated heterocycles. The van der Waals surface area contributed by atoms with E-state index in [1.807, 2.05) is 4.90 Å². The van der Waals surface area contributed by atoms with E-state index in [9.17, 15) is 4.79 Å². The lowest BCUT2D eigenvalue weighted by Gasteiger charge is -2.30. The summed E-state index contributed by atoms with van der Waals surface area (Å²) in [4.78, 5) is 14.4. The third-order valence-electron chi connectivity index (χ3n) is 4.29. The summed E-state index contributed by atoms with van der Waals surface area (Å²) >= 11 is 0. The minimum atomic E-state index is -0.152. The first-order valence-corrected chi connectivity index (χ1v) is 6.99. The Hall–Kier alpha value is -0.610. The highest BCUT2D eigenvalue weighted by Crippen LogP contribution is 2.22. The molecule has 0 aromatic rings. The SMILES string of the molecule is O=C(C1CCCCO1)N1CCC2CCC(C1)N2. The zero-order valence-corrected chi connectivity index (χ0v) is 10.4. The zero-order chi connectivity index (χ0) is 11.7. The molecule has 1 N–H and O–H groups in total. The number of carbonyl (C=O) groups excluding carboxylic acids is 1. The van der Waals surface area contributed by atoms with Crippen molar-refractivity contribution < 1.29 is 9.53 Å². The van der Waals surface area contributed by atoms with Crippen molar-refractivity contribution in [1.29, 1.82) is 0 Å². The van der Waals surface area contributed by atoms with Crippen molar-refractivity contribution in [2.24, 2.45) is 0 Å². The maximum absolute atomic E-state index is 12.4. The topological polar surface area (TPSA) is 41.6 Å². The molecule has 3 aliphatic rings. The minimum absolute atomic E-state index is 0.152. The van der Waals surface area contributed by atoms with Gasteiger partial charge in [0.1, 0.15) is 6.10 Å². The fourth-order valence-corrected chi connectivity index (χ4v) is 3.28. The van der Waals surface area contributed by atoms with Crippen molar-refractivity contribution >= 4 is 5.91 Å². The molecule has 0 saturated carbocycles. The third-order valence-corrected chi connectivity index (χ3v) is 4.29. The van der Waals surface area contributed by atoms with Gasteiger partial charge in [0.05, 0.1) is 0 Å². The van der Waals surface area contributed by atoms with Gasteiger partial charge in [-0.2, -0.15) is 0 Å². The molecule has 4 heteroatoms. The zero-order valence-electron chi connectivity index (χ0n) is 10.4. The molecule has 3 heterocycles. The van der Waals surface area contributed by atoms with Gasteiger partial charge in [-0.15, -0.1) is 0 Å². The molecule has 0 aromatic carbocycles. The molecule has 3 fully saturated rings. The normalized spacial score (nSPS) is 37.9. The Morgan fingerprint density at radius 2 is 2.00 bits per heavy atom. The molecule has 0 spiro atoms. The minimum Gasteiger partial charge on any atom is -0.368 e. The van der Waals surface area contributed by atoms with Gasteiger partial charge in [-0.05, 0) is 38.5 Å². The lowest BCUT2D eigenvalue weighted by molar-refractivity contribution is -0.146. The monoisotopic (exact) mass is 238 g/mol. The molecule has 1 amide bonds. The summed E-state index contributed by atoms with van der Waals surface area (Å²) in [6, 6.07) is 1.17. The van der Waals surface area contributed by atoms with E-state index in [1.165, 1.54) is 12.8 Å². The molecule has 96 valence electrons. The summed E-state index contributed by atoms with van der Waals surface area (Å²) in [5.41, 5.74) is 0. The number of amides is 1. The average Bonchev–Trinajstić information content (AvgIpc) is 2.69. The molecule has 4 nitrogen and oxygen atoms in total. The van der Waals surface area contributed by atoms with Gasteiger partial charge in [0.15, 0.2) is 0 Å². The van der Waals surface area contributed by atoms with Crippen LogP contribution in [0.2, 0.25) is 0 Å².